The second kappa shape index (κ2) is 18.4. The molecule has 172 valence electrons. The molecular formula is C23H46N2O2S2. The molecule has 4 nitrogen and oxygen atoms in total. The van der Waals surface area contributed by atoms with Gasteiger partial charge in [0.05, 0.1) is 0 Å². The van der Waals surface area contributed by atoms with E-state index in [1.54, 1.807) is 0 Å². The van der Waals surface area contributed by atoms with Gasteiger partial charge in [-0.25, -0.2) is 0 Å². The summed E-state index contributed by atoms with van der Waals surface area (Å²) in [5.41, 5.74) is 0. The van der Waals surface area contributed by atoms with Crippen LogP contribution in [0.4, 0.5) is 0 Å². The summed E-state index contributed by atoms with van der Waals surface area (Å²) in [6.45, 7) is 12.7. The Kier molecular flexibility index (Phi) is 18.2. The average molecular weight is 447 g/mol. The molecular weight excluding hydrogens is 400 g/mol. The Morgan fingerprint density at radius 2 is 1.28 bits per heavy atom. The third-order valence-corrected chi connectivity index (χ3v) is 8.88. The summed E-state index contributed by atoms with van der Waals surface area (Å²) in [6.07, 6.45) is 10.1. The molecule has 0 aromatic carbocycles. The fraction of sp³-hybridized carbons (Fsp3) is 0.913. The van der Waals surface area contributed by atoms with Crippen LogP contribution in [0, 0.1) is 0 Å². The van der Waals surface area contributed by atoms with Crippen molar-refractivity contribution in [2.24, 2.45) is 0 Å². The first-order valence-corrected chi connectivity index (χ1v) is 13.7. The first-order chi connectivity index (χ1) is 13.9. The molecule has 0 saturated carbocycles. The maximum Gasteiger partial charge on any atom is 0.220 e. The molecule has 0 unspecified atom stereocenters. The summed E-state index contributed by atoms with van der Waals surface area (Å²) in [4.78, 5) is 23.7. The number of amides is 2. The number of thioether (sulfide) groups is 2. The smallest absolute Gasteiger partial charge is 0.220 e. The predicted octanol–water partition coefficient (Wildman–Crippen LogP) is 5.79. The molecule has 0 fully saturated rings. The van der Waals surface area contributed by atoms with Crippen LogP contribution in [-0.2, 0) is 9.59 Å². The van der Waals surface area contributed by atoms with Crippen LogP contribution >= 0.6 is 23.5 Å². The van der Waals surface area contributed by atoms with Crippen LogP contribution < -0.4 is 10.6 Å². The lowest BCUT2D eigenvalue weighted by atomic mass is 10.1. The van der Waals surface area contributed by atoms with E-state index in [-0.39, 0.29) is 11.8 Å². The summed E-state index contributed by atoms with van der Waals surface area (Å²) in [6, 6.07) is 0. The van der Waals surface area contributed by atoms with Gasteiger partial charge in [0.25, 0.3) is 0 Å². The first-order valence-electron chi connectivity index (χ1n) is 11.7. The van der Waals surface area contributed by atoms with E-state index in [2.05, 4.69) is 45.3 Å². The Morgan fingerprint density at radius 3 is 1.72 bits per heavy atom. The second-order valence-electron chi connectivity index (χ2n) is 7.93. The molecule has 0 aromatic heterocycles. The molecule has 0 radical (unpaired) electrons. The Morgan fingerprint density at radius 1 is 0.793 bits per heavy atom. The molecule has 0 saturated heterocycles. The van der Waals surface area contributed by atoms with Crippen LogP contribution in [0.15, 0.2) is 0 Å². The topological polar surface area (TPSA) is 58.2 Å². The highest BCUT2D eigenvalue weighted by Crippen LogP contribution is 2.32. The lowest BCUT2D eigenvalue weighted by Gasteiger charge is -2.25. The number of carbonyl (C=O) groups is 2. The second-order valence-corrected chi connectivity index (χ2v) is 11.0. The van der Waals surface area contributed by atoms with Crippen LogP contribution in [-0.4, -0.2) is 46.4 Å². The van der Waals surface area contributed by atoms with Crippen molar-refractivity contribution in [1.82, 2.24) is 10.6 Å². The molecule has 0 aromatic rings. The number of nitrogens with one attached hydrogen (secondary N) is 2. The molecule has 0 atom stereocenters. The fourth-order valence-electron chi connectivity index (χ4n) is 2.92. The molecule has 0 aliphatic carbocycles. The zero-order chi connectivity index (χ0) is 22.0. The third kappa shape index (κ3) is 16.1. The summed E-state index contributed by atoms with van der Waals surface area (Å²) >= 11 is 3.84. The standard InChI is InChI=1S/C23H46N2O2S2/c1-6-20(7-2)28-18-14-21(26)24-16-12-10-11-13-17-25-22(27)15-19-29-23(5,8-3)9-4/h20H,6-19H2,1-5H3,(H,24,26)(H,25,27). The molecule has 6 heteroatoms. The minimum Gasteiger partial charge on any atom is -0.356 e. The minimum atomic E-state index is 0.172. The van der Waals surface area contributed by atoms with Gasteiger partial charge in [0.1, 0.15) is 0 Å². The zero-order valence-electron chi connectivity index (χ0n) is 19.6. The van der Waals surface area contributed by atoms with Gasteiger partial charge in [0.15, 0.2) is 0 Å². The lowest BCUT2D eigenvalue weighted by molar-refractivity contribution is -0.121. The zero-order valence-corrected chi connectivity index (χ0v) is 21.2. The van der Waals surface area contributed by atoms with Crippen molar-refractivity contribution in [2.45, 2.75) is 109 Å². The van der Waals surface area contributed by atoms with Crippen molar-refractivity contribution in [2.75, 3.05) is 24.6 Å². The van der Waals surface area contributed by atoms with E-state index >= 15 is 0 Å². The maximum atomic E-state index is 11.9. The van der Waals surface area contributed by atoms with Crippen molar-refractivity contribution >= 4 is 35.3 Å². The Labute approximate surface area is 188 Å². The van der Waals surface area contributed by atoms with E-state index in [0.717, 1.165) is 63.1 Å². The van der Waals surface area contributed by atoms with Crippen LogP contribution in [0.2, 0.25) is 0 Å². The number of hydrogen-bond acceptors (Lipinski definition) is 4. The number of hydrogen-bond donors (Lipinski definition) is 2. The van der Waals surface area contributed by atoms with Gasteiger partial charge in [0.2, 0.25) is 11.8 Å². The minimum absolute atomic E-state index is 0.172. The van der Waals surface area contributed by atoms with E-state index in [0.29, 0.717) is 22.8 Å². The largest absolute Gasteiger partial charge is 0.356 e. The van der Waals surface area contributed by atoms with Crippen LogP contribution in [0.3, 0.4) is 0 Å². The highest BCUT2D eigenvalue weighted by atomic mass is 32.2. The summed E-state index contributed by atoms with van der Waals surface area (Å²) in [7, 11) is 0. The molecule has 0 aliphatic heterocycles. The predicted molar refractivity (Wildman–Crippen MR) is 132 cm³/mol. The van der Waals surface area contributed by atoms with Crippen molar-refractivity contribution < 1.29 is 9.59 Å². The molecule has 2 N–H and O–H groups in total. The van der Waals surface area contributed by atoms with E-state index in [4.69, 9.17) is 0 Å². The first kappa shape index (κ1) is 28.6. The number of rotatable bonds is 19. The van der Waals surface area contributed by atoms with Gasteiger partial charge in [-0.1, -0.05) is 47.5 Å². The van der Waals surface area contributed by atoms with Crippen LogP contribution in [0.1, 0.15) is 98.8 Å². The fourth-order valence-corrected chi connectivity index (χ4v) is 5.22. The van der Waals surface area contributed by atoms with Crippen molar-refractivity contribution in [3.63, 3.8) is 0 Å². The van der Waals surface area contributed by atoms with Crippen molar-refractivity contribution in [3.8, 4) is 0 Å². The summed E-state index contributed by atoms with van der Waals surface area (Å²) in [5.74, 6) is 2.17. The maximum absolute atomic E-state index is 11.9. The summed E-state index contributed by atoms with van der Waals surface area (Å²) < 4.78 is 0.308. The molecule has 0 heterocycles. The molecule has 2 amide bonds. The SMILES string of the molecule is CCC(CC)SCCC(=O)NCCCCCCNC(=O)CCSC(C)(CC)CC. The number of carbonyl (C=O) groups excluding carboxylic acids is 2. The highest BCUT2D eigenvalue weighted by Gasteiger charge is 2.19. The van der Waals surface area contributed by atoms with Crippen molar-refractivity contribution in [3.05, 3.63) is 0 Å². The Bertz CT molecular complexity index is 425. The van der Waals surface area contributed by atoms with Crippen molar-refractivity contribution in [1.29, 1.82) is 0 Å². The van der Waals surface area contributed by atoms with Gasteiger partial charge in [-0.3, -0.25) is 9.59 Å². The monoisotopic (exact) mass is 446 g/mol. The van der Waals surface area contributed by atoms with Gasteiger partial charge >= 0.3 is 0 Å². The Balaban J connectivity index is 3.50. The highest BCUT2D eigenvalue weighted by molar-refractivity contribution is 8.00. The lowest BCUT2D eigenvalue weighted by Crippen LogP contribution is -2.26. The van der Waals surface area contributed by atoms with Crippen LogP contribution in [0.5, 0.6) is 0 Å². The van der Waals surface area contributed by atoms with E-state index < -0.39 is 0 Å². The molecule has 0 rings (SSSR count). The van der Waals surface area contributed by atoms with Gasteiger partial charge in [-0.15, -0.1) is 0 Å². The molecule has 29 heavy (non-hydrogen) atoms. The Hall–Kier alpha value is -0.360. The summed E-state index contributed by atoms with van der Waals surface area (Å²) in [5, 5.41) is 6.74. The molecule has 0 bridgehead atoms. The van der Waals surface area contributed by atoms with E-state index in [1.807, 2.05) is 23.5 Å². The van der Waals surface area contributed by atoms with Gasteiger partial charge in [0, 0.05) is 47.4 Å². The number of unbranched alkanes of at least 4 members (excludes halogenated alkanes) is 3. The average Bonchev–Trinajstić information content (AvgIpc) is 2.72. The quantitative estimate of drug-likeness (QED) is 0.246. The van der Waals surface area contributed by atoms with E-state index in [1.165, 1.54) is 12.8 Å². The van der Waals surface area contributed by atoms with Gasteiger partial charge < -0.3 is 10.6 Å². The molecule has 0 spiro atoms. The van der Waals surface area contributed by atoms with Gasteiger partial charge in [-0.2, -0.15) is 23.5 Å². The third-order valence-electron chi connectivity index (χ3n) is 5.62. The van der Waals surface area contributed by atoms with Crippen LogP contribution in [0.25, 0.3) is 0 Å². The van der Waals surface area contributed by atoms with Gasteiger partial charge in [-0.05, 0) is 38.5 Å². The normalized spacial score (nSPS) is 11.7. The van der Waals surface area contributed by atoms with E-state index in [9.17, 15) is 9.59 Å². The molecule has 0 aliphatic rings.